The number of nitrogens with zero attached hydrogens (tertiary/aromatic N) is 1. The summed E-state index contributed by atoms with van der Waals surface area (Å²) in [5, 5.41) is 0. The minimum absolute atomic E-state index is 0.00712. The molecule has 1 aromatic carbocycles. The maximum atomic E-state index is 6.34. The molecule has 21 heavy (non-hydrogen) atoms. The summed E-state index contributed by atoms with van der Waals surface area (Å²) in [6, 6.07) is 12.5. The Balaban J connectivity index is 2.06. The van der Waals surface area contributed by atoms with E-state index in [4.69, 9.17) is 10.5 Å². The highest BCUT2D eigenvalue weighted by Gasteiger charge is 2.09. The second kappa shape index (κ2) is 7.23. The Morgan fingerprint density at radius 3 is 2.52 bits per heavy atom. The standard InChI is InChI=1S/C18H24N2O/c1-13(2)9-14-5-4-6-16(10-14)17(19)11-15-7-8-18(21-3)20-12-15/h4-8,10,12-13,17H,9,11,19H2,1-3H3. The van der Waals surface area contributed by atoms with Crippen molar-refractivity contribution in [3.63, 3.8) is 0 Å². The maximum absolute atomic E-state index is 6.34. The van der Waals surface area contributed by atoms with Gasteiger partial charge in [-0.3, -0.25) is 0 Å². The third-order valence-corrected chi connectivity index (χ3v) is 3.49. The van der Waals surface area contributed by atoms with Gasteiger partial charge >= 0.3 is 0 Å². The molecule has 1 unspecified atom stereocenters. The number of hydrogen-bond donors (Lipinski definition) is 1. The van der Waals surface area contributed by atoms with Crippen LogP contribution in [-0.4, -0.2) is 12.1 Å². The summed E-state index contributed by atoms with van der Waals surface area (Å²) >= 11 is 0. The second-order valence-electron chi connectivity index (χ2n) is 5.86. The molecule has 1 atom stereocenters. The molecule has 0 saturated carbocycles. The molecule has 0 saturated heterocycles. The van der Waals surface area contributed by atoms with Crippen molar-refractivity contribution >= 4 is 0 Å². The van der Waals surface area contributed by atoms with Crippen LogP contribution in [0.15, 0.2) is 42.6 Å². The van der Waals surface area contributed by atoms with Crippen LogP contribution in [0.5, 0.6) is 5.88 Å². The van der Waals surface area contributed by atoms with Gasteiger partial charge in [0.15, 0.2) is 0 Å². The lowest BCUT2D eigenvalue weighted by Gasteiger charge is -2.14. The van der Waals surface area contributed by atoms with Crippen molar-refractivity contribution in [1.29, 1.82) is 0 Å². The van der Waals surface area contributed by atoms with Gasteiger partial charge < -0.3 is 10.5 Å². The summed E-state index contributed by atoms with van der Waals surface area (Å²) < 4.78 is 5.07. The van der Waals surface area contributed by atoms with Crippen LogP contribution in [0.1, 0.15) is 36.6 Å². The maximum Gasteiger partial charge on any atom is 0.212 e. The highest BCUT2D eigenvalue weighted by atomic mass is 16.5. The molecule has 0 spiro atoms. The number of rotatable bonds is 6. The highest BCUT2D eigenvalue weighted by molar-refractivity contribution is 5.28. The Morgan fingerprint density at radius 2 is 1.90 bits per heavy atom. The van der Waals surface area contributed by atoms with Crippen molar-refractivity contribution in [2.75, 3.05) is 7.11 Å². The SMILES string of the molecule is COc1ccc(CC(N)c2cccc(CC(C)C)c2)cn1. The first-order valence-electron chi connectivity index (χ1n) is 7.42. The molecular formula is C18H24N2O. The molecule has 3 heteroatoms. The Morgan fingerprint density at radius 1 is 1.10 bits per heavy atom. The van der Waals surface area contributed by atoms with Crippen LogP contribution < -0.4 is 10.5 Å². The van der Waals surface area contributed by atoms with Crippen LogP contribution in [0.2, 0.25) is 0 Å². The molecule has 0 bridgehead atoms. The Hall–Kier alpha value is -1.87. The number of ether oxygens (including phenoxy) is 1. The van der Waals surface area contributed by atoms with Gasteiger partial charge in [0, 0.05) is 18.3 Å². The van der Waals surface area contributed by atoms with E-state index in [9.17, 15) is 0 Å². The van der Waals surface area contributed by atoms with E-state index in [1.807, 2.05) is 18.3 Å². The van der Waals surface area contributed by atoms with Gasteiger partial charge in [0.05, 0.1) is 7.11 Å². The minimum atomic E-state index is -0.00712. The number of hydrogen-bond acceptors (Lipinski definition) is 3. The summed E-state index contributed by atoms with van der Waals surface area (Å²) in [5.41, 5.74) is 10.00. The average Bonchev–Trinajstić information content (AvgIpc) is 2.47. The fraction of sp³-hybridized carbons (Fsp3) is 0.389. The summed E-state index contributed by atoms with van der Waals surface area (Å²) in [6.07, 6.45) is 3.70. The lowest BCUT2D eigenvalue weighted by Crippen LogP contribution is -2.14. The number of benzene rings is 1. The molecule has 2 N–H and O–H groups in total. The molecule has 1 aromatic heterocycles. The molecular weight excluding hydrogens is 260 g/mol. The summed E-state index contributed by atoms with van der Waals surface area (Å²) in [6.45, 7) is 4.46. The monoisotopic (exact) mass is 284 g/mol. The molecule has 3 nitrogen and oxygen atoms in total. The van der Waals surface area contributed by atoms with E-state index in [1.165, 1.54) is 11.1 Å². The van der Waals surface area contributed by atoms with Crippen LogP contribution in [0.4, 0.5) is 0 Å². The molecule has 2 rings (SSSR count). The molecule has 1 heterocycles. The molecule has 112 valence electrons. The minimum Gasteiger partial charge on any atom is -0.481 e. The number of pyridine rings is 1. The van der Waals surface area contributed by atoms with E-state index in [-0.39, 0.29) is 6.04 Å². The topological polar surface area (TPSA) is 48.1 Å². The van der Waals surface area contributed by atoms with Crippen LogP contribution in [0, 0.1) is 5.92 Å². The van der Waals surface area contributed by atoms with E-state index in [0.29, 0.717) is 11.8 Å². The van der Waals surface area contributed by atoms with E-state index in [0.717, 1.165) is 18.4 Å². The first kappa shape index (κ1) is 15.5. The molecule has 0 radical (unpaired) electrons. The molecule has 2 aromatic rings. The van der Waals surface area contributed by atoms with Gasteiger partial charge in [0.2, 0.25) is 5.88 Å². The van der Waals surface area contributed by atoms with Crippen LogP contribution in [0.3, 0.4) is 0 Å². The molecule has 0 aliphatic carbocycles. The van der Waals surface area contributed by atoms with Crippen molar-refractivity contribution in [3.05, 3.63) is 59.3 Å². The first-order chi connectivity index (χ1) is 10.1. The third kappa shape index (κ3) is 4.57. The molecule has 0 aliphatic rings. The summed E-state index contributed by atoms with van der Waals surface area (Å²) in [5.74, 6) is 1.29. The van der Waals surface area contributed by atoms with Gasteiger partial charge in [-0.05, 0) is 35.4 Å². The van der Waals surface area contributed by atoms with Gasteiger partial charge in [-0.25, -0.2) is 4.98 Å². The van der Waals surface area contributed by atoms with Gasteiger partial charge in [0.1, 0.15) is 0 Å². The largest absolute Gasteiger partial charge is 0.481 e. The van der Waals surface area contributed by atoms with Crippen molar-refractivity contribution in [3.8, 4) is 5.88 Å². The van der Waals surface area contributed by atoms with Crippen LogP contribution in [0.25, 0.3) is 0 Å². The van der Waals surface area contributed by atoms with Gasteiger partial charge in [-0.2, -0.15) is 0 Å². The first-order valence-corrected chi connectivity index (χ1v) is 7.42. The van der Waals surface area contributed by atoms with Gasteiger partial charge in [-0.15, -0.1) is 0 Å². The van der Waals surface area contributed by atoms with E-state index in [2.05, 4.69) is 43.1 Å². The van der Waals surface area contributed by atoms with Crippen molar-refractivity contribution in [1.82, 2.24) is 4.98 Å². The Labute approximate surface area is 127 Å². The zero-order chi connectivity index (χ0) is 15.2. The van der Waals surface area contributed by atoms with E-state index in [1.54, 1.807) is 7.11 Å². The lowest BCUT2D eigenvalue weighted by molar-refractivity contribution is 0.397. The number of aromatic nitrogens is 1. The molecule has 0 aliphatic heterocycles. The van der Waals surface area contributed by atoms with Gasteiger partial charge in [0.25, 0.3) is 0 Å². The lowest BCUT2D eigenvalue weighted by atomic mass is 9.96. The fourth-order valence-electron chi connectivity index (χ4n) is 2.45. The second-order valence-corrected chi connectivity index (χ2v) is 5.86. The predicted octanol–water partition coefficient (Wildman–Crippen LogP) is 3.53. The van der Waals surface area contributed by atoms with E-state index < -0.39 is 0 Å². The quantitative estimate of drug-likeness (QED) is 0.882. The summed E-state index contributed by atoms with van der Waals surface area (Å²) in [4.78, 5) is 4.22. The Kier molecular flexibility index (Phi) is 5.34. The summed E-state index contributed by atoms with van der Waals surface area (Å²) in [7, 11) is 1.62. The molecule has 0 fully saturated rings. The van der Waals surface area contributed by atoms with Crippen molar-refractivity contribution < 1.29 is 4.74 Å². The van der Waals surface area contributed by atoms with Crippen LogP contribution in [-0.2, 0) is 12.8 Å². The fourth-order valence-corrected chi connectivity index (χ4v) is 2.45. The van der Waals surface area contributed by atoms with Gasteiger partial charge in [-0.1, -0.05) is 44.2 Å². The van der Waals surface area contributed by atoms with Crippen molar-refractivity contribution in [2.24, 2.45) is 11.7 Å². The normalized spacial score (nSPS) is 12.4. The predicted molar refractivity (Wildman–Crippen MR) is 86.4 cm³/mol. The van der Waals surface area contributed by atoms with Crippen LogP contribution >= 0.6 is 0 Å². The molecule has 0 amide bonds. The average molecular weight is 284 g/mol. The Bertz CT molecular complexity index is 564. The third-order valence-electron chi connectivity index (χ3n) is 3.49. The highest BCUT2D eigenvalue weighted by Crippen LogP contribution is 2.19. The number of nitrogens with two attached hydrogens (primary N) is 1. The zero-order valence-electron chi connectivity index (χ0n) is 13.0. The zero-order valence-corrected chi connectivity index (χ0v) is 13.0. The van der Waals surface area contributed by atoms with Crippen molar-refractivity contribution in [2.45, 2.75) is 32.7 Å². The van der Waals surface area contributed by atoms with E-state index >= 15 is 0 Å². The smallest absolute Gasteiger partial charge is 0.212 e. The number of methoxy groups -OCH3 is 1.